The molecule has 1 aliphatic heterocycles. The molecular formula is C23H26F6N2O2S2. The first kappa shape index (κ1) is 29.3. The van der Waals surface area contributed by atoms with Crippen molar-refractivity contribution >= 4 is 29.0 Å². The van der Waals surface area contributed by atoms with Crippen LogP contribution in [-0.2, 0) is 10.3 Å². The lowest BCUT2D eigenvalue weighted by Gasteiger charge is -2.36. The molecule has 0 saturated carbocycles. The van der Waals surface area contributed by atoms with Gasteiger partial charge in [-0.2, -0.15) is 26.3 Å². The summed E-state index contributed by atoms with van der Waals surface area (Å²) in [6.07, 6.45) is -11.9. The van der Waals surface area contributed by atoms with Crippen LogP contribution in [0.5, 0.6) is 0 Å². The van der Waals surface area contributed by atoms with Gasteiger partial charge in [0.15, 0.2) is 0 Å². The number of aliphatic hydroxyl groups is 1. The van der Waals surface area contributed by atoms with Crippen LogP contribution < -0.4 is 4.90 Å². The molecule has 1 aromatic heterocycles. The summed E-state index contributed by atoms with van der Waals surface area (Å²) in [7, 11) is 1.36. The maximum Gasteiger partial charge on any atom is 0.430 e. The van der Waals surface area contributed by atoms with Crippen molar-refractivity contribution in [2.24, 2.45) is 0 Å². The van der Waals surface area contributed by atoms with Crippen LogP contribution in [0.1, 0.15) is 25.0 Å². The summed E-state index contributed by atoms with van der Waals surface area (Å²) in [5, 5.41) is 11.7. The second kappa shape index (κ2) is 12.4. The van der Waals surface area contributed by atoms with E-state index in [2.05, 4.69) is 16.1 Å². The van der Waals surface area contributed by atoms with Gasteiger partial charge in [-0.25, -0.2) is 4.31 Å². The van der Waals surface area contributed by atoms with E-state index in [-0.39, 0.29) is 12.2 Å². The summed E-state index contributed by atoms with van der Waals surface area (Å²) in [6.45, 7) is 6.20. The summed E-state index contributed by atoms with van der Waals surface area (Å²) in [4.78, 5) is 1.85. The maximum atomic E-state index is 13.3. The van der Waals surface area contributed by atoms with Crippen LogP contribution in [0, 0.1) is 11.8 Å². The fourth-order valence-electron chi connectivity index (χ4n) is 3.29. The van der Waals surface area contributed by atoms with E-state index in [0.29, 0.717) is 44.0 Å². The summed E-state index contributed by atoms with van der Waals surface area (Å²) in [5.74, 6) is 5.16. The molecule has 0 unspecified atom stereocenters. The molecule has 194 valence electrons. The Kier molecular flexibility index (Phi) is 10.4. The molecule has 1 aliphatic rings. The van der Waals surface area contributed by atoms with Crippen molar-refractivity contribution < 1.29 is 36.2 Å². The van der Waals surface area contributed by atoms with Gasteiger partial charge < -0.3 is 14.7 Å². The Hall–Kier alpha value is -1.91. The topological polar surface area (TPSA) is 35.9 Å². The number of ether oxygens (including phenoxy) is 1. The number of alkyl halides is 6. The van der Waals surface area contributed by atoms with Gasteiger partial charge in [0.1, 0.15) is 6.61 Å². The number of hydrogen-bond acceptors (Lipinski definition) is 6. The monoisotopic (exact) mass is 540 g/mol. The molecule has 0 bridgehead atoms. The molecule has 1 aromatic carbocycles. The molecular weight excluding hydrogens is 514 g/mol. The van der Waals surface area contributed by atoms with Crippen molar-refractivity contribution in [3.05, 3.63) is 46.8 Å². The minimum Gasteiger partial charge on any atom is -0.372 e. The Bertz CT molecular complexity index is 978. The molecule has 12 heteroatoms. The van der Waals surface area contributed by atoms with Crippen molar-refractivity contribution in [2.45, 2.75) is 36.0 Å². The predicted molar refractivity (Wildman–Crippen MR) is 127 cm³/mol. The fourth-order valence-corrected chi connectivity index (χ4v) is 5.13. The van der Waals surface area contributed by atoms with E-state index >= 15 is 0 Å². The predicted octanol–water partition coefficient (Wildman–Crippen LogP) is 5.91. The third-order valence-corrected chi connectivity index (χ3v) is 7.08. The summed E-state index contributed by atoms with van der Waals surface area (Å²) in [6, 6.07) is 6.40. The Balaban J connectivity index is 0.00000210. The van der Waals surface area contributed by atoms with E-state index in [1.165, 1.54) is 7.11 Å². The van der Waals surface area contributed by atoms with Crippen LogP contribution in [0.4, 0.5) is 32.0 Å². The highest BCUT2D eigenvalue weighted by Gasteiger charge is 2.71. The van der Waals surface area contributed by atoms with Crippen LogP contribution >= 0.6 is 23.3 Å². The van der Waals surface area contributed by atoms with Crippen molar-refractivity contribution in [3.8, 4) is 11.8 Å². The molecule has 1 saturated heterocycles. The molecule has 0 spiro atoms. The van der Waals surface area contributed by atoms with Crippen LogP contribution in [0.2, 0.25) is 0 Å². The molecule has 0 aliphatic carbocycles. The van der Waals surface area contributed by atoms with Crippen molar-refractivity contribution in [3.63, 3.8) is 0 Å². The Morgan fingerprint density at radius 2 is 1.66 bits per heavy atom. The Morgan fingerprint density at radius 1 is 1.03 bits per heavy atom. The minimum atomic E-state index is -5.96. The normalized spacial score (nSPS) is 15.2. The molecule has 2 heterocycles. The first-order valence-electron chi connectivity index (χ1n) is 10.7. The van der Waals surface area contributed by atoms with Gasteiger partial charge in [0.2, 0.25) is 0 Å². The summed E-state index contributed by atoms with van der Waals surface area (Å²) in [5.41, 5.74) is -5.99. The van der Waals surface area contributed by atoms with Crippen LogP contribution in [0.3, 0.4) is 0 Å². The number of thiophene rings is 1. The molecule has 2 aromatic rings. The molecule has 0 atom stereocenters. The van der Waals surface area contributed by atoms with E-state index in [1.54, 1.807) is 23.3 Å². The van der Waals surface area contributed by atoms with E-state index in [9.17, 15) is 31.4 Å². The van der Waals surface area contributed by atoms with E-state index in [1.807, 2.05) is 36.3 Å². The Morgan fingerprint density at radius 3 is 2.17 bits per heavy atom. The smallest absolute Gasteiger partial charge is 0.372 e. The number of benzene rings is 1. The second-order valence-electron chi connectivity index (χ2n) is 7.11. The average molecular weight is 541 g/mol. The molecule has 4 nitrogen and oxygen atoms in total. The first-order chi connectivity index (χ1) is 16.5. The van der Waals surface area contributed by atoms with E-state index in [0.717, 1.165) is 10.3 Å². The summed E-state index contributed by atoms with van der Waals surface area (Å²) < 4.78 is 88.1. The quantitative estimate of drug-likeness (QED) is 0.290. The van der Waals surface area contributed by atoms with Gasteiger partial charge in [0, 0.05) is 44.4 Å². The van der Waals surface area contributed by atoms with Crippen molar-refractivity contribution in [1.82, 2.24) is 4.31 Å². The van der Waals surface area contributed by atoms with E-state index < -0.39 is 23.5 Å². The van der Waals surface area contributed by atoms with Crippen LogP contribution in [-0.4, -0.2) is 61.7 Å². The summed E-state index contributed by atoms with van der Waals surface area (Å²) >= 11 is 3.20. The number of anilines is 1. The van der Waals surface area contributed by atoms with Gasteiger partial charge in [-0.15, -0.1) is 11.3 Å². The lowest BCUT2D eigenvalue weighted by Crippen LogP contribution is -2.54. The molecule has 35 heavy (non-hydrogen) atoms. The van der Waals surface area contributed by atoms with Gasteiger partial charge in [-0.1, -0.05) is 37.8 Å². The fraction of sp³-hybridized carbons (Fsp3) is 0.478. The van der Waals surface area contributed by atoms with Crippen LogP contribution in [0.15, 0.2) is 39.9 Å². The van der Waals surface area contributed by atoms with E-state index in [4.69, 9.17) is 4.74 Å². The van der Waals surface area contributed by atoms with Crippen molar-refractivity contribution in [1.29, 1.82) is 0 Å². The SMILES string of the molecule is CC.COCC#Cc1cc(C(O)(C(F)(F)F)C(F)(F)F)ccc1N1CCN(Sc2cccs2)CC1. The zero-order valence-corrected chi connectivity index (χ0v) is 21.0. The van der Waals surface area contributed by atoms with Gasteiger partial charge in [-0.05, 0) is 35.5 Å². The molecule has 1 fully saturated rings. The van der Waals surface area contributed by atoms with Crippen LogP contribution in [0.25, 0.3) is 0 Å². The molecule has 1 N–H and O–H groups in total. The highest BCUT2D eigenvalue weighted by molar-refractivity contribution is 7.98. The molecule has 0 radical (unpaired) electrons. The van der Waals surface area contributed by atoms with Gasteiger partial charge in [-0.3, -0.25) is 0 Å². The number of rotatable bonds is 5. The van der Waals surface area contributed by atoms with Gasteiger partial charge >= 0.3 is 12.4 Å². The molecule has 0 amide bonds. The number of halogens is 6. The van der Waals surface area contributed by atoms with Crippen molar-refractivity contribution in [2.75, 3.05) is 44.8 Å². The molecule has 3 rings (SSSR count). The highest BCUT2D eigenvalue weighted by Crippen LogP contribution is 2.50. The average Bonchev–Trinajstić information content (AvgIpc) is 3.32. The number of hydrogen-bond donors (Lipinski definition) is 1. The first-order valence-corrected chi connectivity index (χ1v) is 12.3. The lowest BCUT2D eigenvalue weighted by molar-refractivity contribution is -0.376. The van der Waals surface area contributed by atoms with Gasteiger partial charge in [0.05, 0.1) is 9.90 Å². The largest absolute Gasteiger partial charge is 0.430 e. The Labute approximate surface area is 209 Å². The number of methoxy groups -OCH3 is 1. The minimum absolute atomic E-state index is 0.0455. The zero-order chi connectivity index (χ0) is 26.3. The number of piperazine rings is 1. The third kappa shape index (κ3) is 6.86. The lowest BCUT2D eigenvalue weighted by atomic mass is 9.90. The maximum absolute atomic E-state index is 13.3. The highest BCUT2D eigenvalue weighted by atomic mass is 32.2. The standard InChI is InChI=1S/C21H20F6N2O2S2.C2H6/c1-31-12-2-4-15-14-16(19(30,20(22,23)24)21(25,26)27)6-7-17(15)28-8-10-29(11-9-28)33-18-5-3-13-32-18;1-2/h3,5-7,13-14,30H,8-12H2,1H3;1-2H3. The second-order valence-corrected chi connectivity index (χ2v) is 9.46. The number of nitrogens with zero attached hydrogens (tertiary/aromatic N) is 2. The zero-order valence-electron chi connectivity index (χ0n) is 19.3. The third-order valence-electron chi connectivity index (χ3n) is 4.97. The van der Waals surface area contributed by atoms with Gasteiger partial charge in [0.25, 0.3) is 5.60 Å².